The van der Waals surface area contributed by atoms with E-state index in [0.717, 1.165) is 16.0 Å². The number of anilines is 2. The first kappa shape index (κ1) is 21.4. The van der Waals surface area contributed by atoms with Crippen molar-refractivity contribution in [3.05, 3.63) is 42.5 Å². The molecule has 3 heterocycles. The van der Waals surface area contributed by atoms with Crippen LogP contribution in [0.3, 0.4) is 0 Å². The van der Waals surface area contributed by atoms with Crippen LogP contribution in [0.4, 0.5) is 29.3 Å². The molecule has 1 N–H and O–H groups in total. The van der Waals surface area contributed by atoms with Crippen LogP contribution < -0.4 is 10.2 Å². The Labute approximate surface area is 172 Å². The number of carbonyl (C=O) groups excluding carboxylic acids is 1. The number of nitrogens with zero attached hydrogens (tertiary/aromatic N) is 5. The lowest BCUT2D eigenvalue weighted by Gasteiger charge is -2.38. The third kappa shape index (κ3) is 4.32. The molecule has 7 nitrogen and oxygen atoms in total. The van der Waals surface area contributed by atoms with E-state index in [1.807, 2.05) is 38.9 Å². The van der Waals surface area contributed by atoms with E-state index in [9.17, 15) is 18.0 Å². The summed E-state index contributed by atoms with van der Waals surface area (Å²) in [4.78, 5) is 19.1. The minimum absolute atomic E-state index is 0.108. The zero-order valence-corrected chi connectivity index (χ0v) is 17.2. The van der Waals surface area contributed by atoms with Crippen LogP contribution in [0.1, 0.15) is 13.8 Å². The third-order valence-corrected chi connectivity index (χ3v) is 4.44. The second-order valence-corrected chi connectivity index (χ2v) is 6.88. The molecular formula is C20H23F3N6O. The molecule has 2 amide bonds. The smallest absolute Gasteiger partial charge is 0.322 e. The molecule has 1 aliphatic rings. The number of alkyl halides is 2. The van der Waals surface area contributed by atoms with E-state index in [2.05, 4.69) is 15.4 Å². The Morgan fingerprint density at radius 3 is 2.53 bits per heavy atom. The molecule has 0 radical (unpaired) electrons. The van der Waals surface area contributed by atoms with Crippen molar-refractivity contribution in [2.45, 2.75) is 19.8 Å². The molecule has 0 saturated carbocycles. The van der Waals surface area contributed by atoms with Crippen molar-refractivity contribution in [2.24, 2.45) is 0 Å². The Bertz CT molecular complexity index is 1060. The minimum atomic E-state index is -2.85. The highest BCUT2D eigenvalue weighted by molar-refractivity contribution is 5.90. The van der Waals surface area contributed by atoms with Crippen LogP contribution in [0.5, 0.6) is 0 Å². The number of urea groups is 1. The lowest BCUT2D eigenvalue weighted by atomic mass is 10.1. The first-order chi connectivity index (χ1) is 14.2. The van der Waals surface area contributed by atoms with E-state index in [-0.39, 0.29) is 11.4 Å². The predicted molar refractivity (Wildman–Crippen MR) is 110 cm³/mol. The fraction of sp³-hybridized carbons (Fsp3) is 0.350. The molecule has 160 valence electrons. The van der Waals surface area contributed by atoms with Crippen LogP contribution in [0.25, 0.3) is 16.7 Å². The zero-order valence-electron chi connectivity index (χ0n) is 17.2. The number of likely N-dealkylation sites (tertiary alicyclic amines) is 1. The summed E-state index contributed by atoms with van der Waals surface area (Å²) in [7, 11) is 3.76. The highest BCUT2D eigenvalue weighted by Crippen LogP contribution is 2.28. The van der Waals surface area contributed by atoms with Gasteiger partial charge in [0.25, 0.3) is 5.92 Å². The molecule has 0 atom stereocenters. The number of amides is 2. The van der Waals surface area contributed by atoms with Gasteiger partial charge in [0, 0.05) is 31.4 Å². The highest BCUT2D eigenvalue weighted by Gasteiger charge is 2.46. The summed E-state index contributed by atoms with van der Waals surface area (Å²) in [5.41, 5.74) is 1.70. The monoisotopic (exact) mass is 420 g/mol. The Hall–Kier alpha value is -3.30. The van der Waals surface area contributed by atoms with Crippen LogP contribution >= 0.6 is 0 Å². The van der Waals surface area contributed by atoms with E-state index in [1.165, 1.54) is 22.9 Å². The first-order valence-corrected chi connectivity index (χ1v) is 9.48. The van der Waals surface area contributed by atoms with Gasteiger partial charge in [-0.1, -0.05) is 13.8 Å². The van der Waals surface area contributed by atoms with Gasteiger partial charge in [-0.15, -0.1) is 5.10 Å². The van der Waals surface area contributed by atoms with Crippen molar-refractivity contribution in [1.82, 2.24) is 19.7 Å². The molecule has 1 saturated heterocycles. The van der Waals surface area contributed by atoms with Crippen LogP contribution in [-0.4, -0.2) is 58.8 Å². The van der Waals surface area contributed by atoms with Crippen molar-refractivity contribution in [3.63, 3.8) is 0 Å². The number of carbonyl (C=O) groups is 1. The van der Waals surface area contributed by atoms with E-state index >= 15 is 0 Å². The maximum Gasteiger partial charge on any atom is 0.322 e. The third-order valence-electron chi connectivity index (χ3n) is 4.44. The molecule has 10 heteroatoms. The topological polar surface area (TPSA) is 66.3 Å². The lowest BCUT2D eigenvalue weighted by molar-refractivity contribution is -0.107. The molecule has 0 aliphatic carbocycles. The fourth-order valence-electron chi connectivity index (χ4n) is 2.90. The summed E-state index contributed by atoms with van der Waals surface area (Å²) in [6.45, 7) is 2.74. The van der Waals surface area contributed by atoms with E-state index < -0.39 is 30.9 Å². The van der Waals surface area contributed by atoms with E-state index in [0.29, 0.717) is 5.65 Å². The van der Waals surface area contributed by atoms with Gasteiger partial charge in [-0.2, -0.15) is 0 Å². The first-order valence-electron chi connectivity index (χ1n) is 9.48. The standard InChI is InChI=1S/C18H17F3N6O.C2H6/c1-25(2)13-5-11-8-27(24-16(11)22-7-13)15-6-12(3-4-14(15)19)23-17(28)26-9-18(20,21)10-26;1-2/h3-8H,9-10H2,1-2H3,(H,23,28);1-2H3. The second-order valence-electron chi connectivity index (χ2n) is 6.88. The number of hydrogen-bond donors (Lipinski definition) is 1. The van der Waals surface area contributed by atoms with Gasteiger partial charge < -0.3 is 15.1 Å². The van der Waals surface area contributed by atoms with Crippen LogP contribution in [-0.2, 0) is 0 Å². The van der Waals surface area contributed by atoms with Crippen LogP contribution in [0.15, 0.2) is 36.7 Å². The highest BCUT2D eigenvalue weighted by atomic mass is 19.3. The van der Waals surface area contributed by atoms with Crippen molar-refractivity contribution >= 4 is 28.4 Å². The van der Waals surface area contributed by atoms with Crippen molar-refractivity contribution in [1.29, 1.82) is 0 Å². The summed E-state index contributed by atoms with van der Waals surface area (Å²) in [6.07, 6.45) is 3.30. The number of aromatic nitrogens is 3. The van der Waals surface area contributed by atoms with Gasteiger partial charge in [0.2, 0.25) is 0 Å². The van der Waals surface area contributed by atoms with E-state index in [1.54, 1.807) is 12.4 Å². The Morgan fingerprint density at radius 1 is 1.20 bits per heavy atom. The second kappa shape index (κ2) is 8.21. The average molecular weight is 420 g/mol. The predicted octanol–water partition coefficient (Wildman–Crippen LogP) is 4.13. The molecule has 0 spiro atoms. The number of nitrogens with one attached hydrogen (secondary N) is 1. The molecule has 2 aromatic heterocycles. The molecule has 3 aromatic rings. The van der Waals surface area contributed by atoms with Gasteiger partial charge in [0.05, 0.1) is 25.0 Å². The van der Waals surface area contributed by atoms with E-state index in [4.69, 9.17) is 0 Å². The maximum absolute atomic E-state index is 14.4. The molecule has 0 bridgehead atoms. The molecule has 0 unspecified atom stereocenters. The van der Waals surface area contributed by atoms with Crippen molar-refractivity contribution in [3.8, 4) is 5.69 Å². The summed E-state index contributed by atoms with van der Waals surface area (Å²) in [5.74, 6) is -3.40. The van der Waals surface area contributed by atoms with Gasteiger partial charge in [0.1, 0.15) is 11.5 Å². The Kier molecular flexibility index (Phi) is 5.86. The lowest BCUT2D eigenvalue weighted by Crippen LogP contribution is -2.59. The number of rotatable bonds is 3. The van der Waals surface area contributed by atoms with Crippen molar-refractivity contribution in [2.75, 3.05) is 37.4 Å². The van der Waals surface area contributed by atoms with Gasteiger partial charge in [-0.25, -0.2) is 27.6 Å². The number of benzene rings is 1. The minimum Gasteiger partial charge on any atom is -0.376 e. The maximum atomic E-state index is 14.4. The summed E-state index contributed by atoms with van der Waals surface area (Å²) >= 11 is 0. The number of hydrogen-bond acceptors (Lipinski definition) is 4. The van der Waals surface area contributed by atoms with Gasteiger partial charge >= 0.3 is 6.03 Å². The van der Waals surface area contributed by atoms with Crippen molar-refractivity contribution < 1.29 is 18.0 Å². The molecule has 4 rings (SSSR count). The van der Waals surface area contributed by atoms with Gasteiger partial charge in [-0.05, 0) is 24.3 Å². The molecular weight excluding hydrogens is 397 g/mol. The number of halogens is 3. The van der Waals surface area contributed by atoms with Gasteiger partial charge in [0.15, 0.2) is 5.65 Å². The molecule has 1 aliphatic heterocycles. The molecule has 1 fully saturated rings. The quantitative estimate of drug-likeness (QED) is 0.692. The Balaban J connectivity index is 0.00000124. The van der Waals surface area contributed by atoms with Crippen LogP contribution in [0, 0.1) is 5.82 Å². The zero-order chi connectivity index (χ0) is 22.1. The summed E-state index contributed by atoms with van der Waals surface area (Å²) in [5, 5.41) is 7.50. The number of fused-ring (bicyclic) bond motifs is 1. The average Bonchev–Trinajstić information content (AvgIpc) is 3.12. The Morgan fingerprint density at radius 2 is 1.90 bits per heavy atom. The van der Waals surface area contributed by atoms with Gasteiger partial charge in [-0.3, -0.25) is 0 Å². The fourth-order valence-corrected chi connectivity index (χ4v) is 2.90. The summed E-state index contributed by atoms with van der Waals surface area (Å²) in [6, 6.07) is 5.15. The normalized spacial score (nSPS) is 14.6. The molecule has 30 heavy (non-hydrogen) atoms. The SMILES string of the molecule is CC.CN(C)c1cnc2nn(-c3cc(NC(=O)N4CC(F)(F)C4)ccc3F)cc2c1. The number of pyridine rings is 1. The largest absolute Gasteiger partial charge is 0.376 e. The molecule has 1 aromatic carbocycles. The van der Waals surface area contributed by atoms with Crippen LogP contribution in [0.2, 0.25) is 0 Å². The summed E-state index contributed by atoms with van der Waals surface area (Å²) < 4.78 is 41.5.